The van der Waals surface area contributed by atoms with Gasteiger partial charge in [-0.1, -0.05) is 49.6 Å². The second-order valence-electron chi connectivity index (χ2n) is 7.23. The van der Waals surface area contributed by atoms with E-state index in [-0.39, 0.29) is 6.04 Å². The van der Waals surface area contributed by atoms with Crippen LogP contribution in [0.5, 0.6) is 11.5 Å². The van der Waals surface area contributed by atoms with E-state index in [1.165, 1.54) is 19.3 Å². The van der Waals surface area contributed by atoms with Crippen LogP contribution in [-0.2, 0) is 0 Å². The Balaban J connectivity index is 1.48. The first kappa shape index (κ1) is 18.5. The summed E-state index contributed by atoms with van der Waals surface area (Å²) in [5.74, 6) is 2.42. The first-order chi connectivity index (χ1) is 13.8. The molecule has 2 aliphatic rings. The van der Waals surface area contributed by atoms with Crippen molar-refractivity contribution < 1.29 is 4.74 Å². The van der Waals surface area contributed by atoms with Crippen molar-refractivity contribution >= 4 is 5.84 Å². The number of nitrogens with two attached hydrogens (primary N) is 1. The number of benzene rings is 2. The van der Waals surface area contributed by atoms with Crippen molar-refractivity contribution in [2.75, 3.05) is 0 Å². The summed E-state index contributed by atoms with van der Waals surface area (Å²) in [5, 5.41) is 0. The molecule has 1 unspecified atom stereocenters. The van der Waals surface area contributed by atoms with E-state index in [0.29, 0.717) is 6.04 Å². The van der Waals surface area contributed by atoms with Gasteiger partial charge >= 0.3 is 0 Å². The molecule has 1 heterocycles. The Morgan fingerprint density at radius 1 is 0.929 bits per heavy atom. The third-order valence-electron chi connectivity index (χ3n) is 5.19. The van der Waals surface area contributed by atoms with Gasteiger partial charge in [-0.2, -0.15) is 0 Å². The maximum atomic E-state index is 6.57. The third kappa shape index (κ3) is 4.52. The van der Waals surface area contributed by atoms with Crippen LogP contribution in [0.2, 0.25) is 0 Å². The van der Waals surface area contributed by atoms with Crippen molar-refractivity contribution in [3.8, 4) is 11.5 Å². The second kappa shape index (κ2) is 8.91. The SMILES string of the molecule is NC(C1=CNNNC1=NC1CCCCC1)c1ccc(Oc2ccccc2)cc1. The lowest BCUT2D eigenvalue weighted by Gasteiger charge is -2.27. The van der Waals surface area contributed by atoms with E-state index in [2.05, 4.69) is 16.4 Å². The van der Waals surface area contributed by atoms with Crippen LogP contribution in [0.1, 0.15) is 43.7 Å². The monoisotopic (exact) mass is 377 g/mol. The van der Waals surface area contributed by atoms with E-state index >= 15 is 0 Å². The molecule has 0 saturated heterocycles. The van der Waals surface area contributed by atoms with Crippen LogP contribution in [0.3, 0.4) is 0 Å². The van der Waals surface area contributed by atoms with Crippen molar-refractivity contribution in [1.29, 1.82) is 0 Å². The molecule has 28 heavy (non-hydrogen) atoms. The number of amidine groups is 1. The number of hydrogen-bond donors (Lipinski definition) is 4. The Morgan fingerprint density at radius 3 is 2.39 bits per heavy atom. The van der Waals surface area contributed by atoms with Crippen molar-refractivity contribution in [1.82, 2.24) is 16.4 Å². The molecule has 0 aromatic heterocycles. The van der Waals surface area contributed by atoms with Gasteiger partial charge in [0.05, 0.1) is 12.1 Å². The highest BCUT2D eigenvalue weighted by Gasteiger charge is 2.22. The average molecular weight is 377 g/mol. The number of ether oxygens (including phenoxy) is 1. The fourth-order valence-electron chi connectivity index (χ4n) is 3.63. The van der Waals surface area contributed by atoms with Crippen molar-refractivity contribution in [3.63, 3.8) is 0 Å². The molecule has 1 saturated carbocycles. The van der Waals surface area contributed by atoms with Crippen LogP contribution in [0, 0.1) is 0 Å². The molecular weight excluding hydrogens is 350 g/mol. The maximum absolute atomic E-state index is 6.57. The highest BCUT2D eigenvalue weighted by atomic mass is 16.5. The lowest BCUT2D eigenvalue weighted by molar-refractivity contribution is 0.439. The van der Waals surface area contributed by atoms with Crippen LogP contribution >= 0.6 is 0 Å². The fourth-order valence-corrected chi connectivity index (χ4v) is 3.63. The largest absolute Gasteiger partial charge is 0.457 e. The highest BCUT2D eigenvalue weighted by molar-refractivity contribution is 5.99. The molecule has 1 aliphatic heterocycles. The predicted octanol–water partition coefficient (Wildman–Crippen LogP) is 3.71. The number of rotatable bonds is 5. The Hall–Kier alpha value is -2.83. The van der Waals surface area contributed by atoms with E-state index in [1.54, 1.807) is 0 Å². The summed E-state index contributed by atoms with van der Waals surface area (Å²) < 4.78 is 5.87. The van der Waals surface area contributed by atoms with E-state index in [4.69, 9.17) is 15.5 Å². The molecule has 0 bridgehead atoms. The van der Waals surface area contributed by atoms with E-state index in [1.807, 2.05) is 60.8 Å². The summed E-state index contributed by atoms with van der Waals surface area (Å²) in [7, 11) is 0. The highest BCUT2D eigenvalue weighted by Crippen LogP contribution is 2.27. The molecule has 6 nitrogen and oxygen atoms in total. The predicted molar refractivity (Wildman–Crippen MR) is 112 cm³/mol. The van der Waals surface area contributed by atoms with Crippen LogP contribution in [0.25, 0.3) is 0 Å². The molecule has 0 amide bonds. The van der Waals surface area contributed by atoms with Gasteiger partial charge in [0.25, 0.3) is 0 Å². The Bertz CT molecular complexity index is 826. The summed E-state index contributed by atoms with van der Waals surface area (Å²) in [4.78, 5) is 4.93. The minimum atomic E-state index is -0.282. The lowest BCUT2D eigenvalue weighted by Crippen LogP contribution is -2.51. The summed E-state index contributed by atoms with van der Waals surface area (Å²) in [5.41, 5.74) is 17.6. The molecule has 1 aliphatic carbocycles. The number of nitrogens with one attached hydrogen (secondary N) is 3. The Morgan fingerprint density at radius 2 is 1.64 bits per heavy atom. The minimum absolute atomic E-state index is 0.282. The quantitative estimate of drug-likeness (QED) is 0.638. The molecule has 1 atom stereocenters. The van der Waals surface area contributed by atoms with Gasteiger partial charge in [-0.25, -0.2) is 0 Å². The number of hydrazine groups is 2. The van der Waals surface area contributed by atoms with Gasteiger partial charge < -0.3 is 15.9 Å². The fraction of sp³-hybridized carbons (Fsp3) is 0.318. The van der Waals surface area contributed by atoms with E-state index in [0.717, 1.165) is 41.3 Å². The summed E-state index contributed by atoms with van der Waals surface area (Å²) in [6.07, 6.45) is 7.99. The number of hydrogen-bond acceptors (Lipinski definition) is 5. The molecule has 2 aromatic carbocycles. The molecule has 6 heteroatoms. The first-order valence-corrected chi connectivity index (χ1v) is 9.93. The van der Waals surface area contributed by atoms with Gasteiger partial charge in [0.1, 0.15) is 17.3 Å². The average Bonchev–Trinajstić information content (AvgIpc) is 2.76. The second-order valence-corrected chi connectivity index (χ2v) is 7.23. The standard InChI is InChI=1S/C22H27N5O/c23-21(16-11-13-19(14-12-16)28-18-9-5-2-6-10-18)20-15-24-27-26-22(20)25-17-7-3-1-4-8-17/h2,5-6,9-15,17,21,24,27H,1,3-4,7-8,23H2,(H,25,26). The number of nitrogens with zero attached hydrogens (tertiary/aromatic N) is 1. The van der Waals surface area contributed by atoms with Gasteiger partial charge in [0, 0.05) is 11.8 Å². The van der Waals surface area contributed by atoms with Crippen molar-refractivity contribution in [2.45, 2.75) is 44.2 Å². The van der Waals surface area contributed by atoms with Crippen LogP contribution < -0.4 is 26.9 Å². The summed E-state index contributed by atoms with van der Waals surface area (Å²) in [6, 6.07) is 17.7. The zero-order valence-electron chi connectivity index (χ0n) is 15.9. The molecular formula is C22H27N5O. The van der Waals surface area contributed by atoms with Gasteiger partial charge in [0.15, 0.2) is 0 Å². The smallest absolute Gasteiger partial charge is 0.143 e. The van der Waals surface area contributed by atoms with Gasteiger partial charge in [-0.15, -0.1) is 5.53 Å². The first-order valence-electron chi connectivity index (χ1n) is 9.93. The van der Waals surface area contributed by atoms with Crippen molar-refractivity contribution in [3.05, 3.63) is 71.9 Å². The topological polar surface area (TPSA) is 83.7 Å². The zero-order chi connectivity index (χ0) is 19.2. The summed E-state index contributed by atoms with van der Waals surface area (Å²) >= 11 is 0. The molecule has 146 valence electrons. The number of aliphatic imine (C=N–C) groups is 1. The van der Waals surface area contributed by atoms with Crippen LogP contribution in [0.4, 0.5) is 0 Å². The molecule has 2 aromatic rings. The van der Waals surface area contributed by atoms with Crippen LogP contribution in [-0.4, -0.2) is 11.9 Å². The Labute approximate surface area is 165 Å². The van der Waals surface area contributed by atoms with Gasteiger partial charge in [0.2, 0.25) is 0 Å². The molecule has 5 N–H and O–H groups in total. The minimum Gasteiger partial charge on any atom is -0.457 e. The third-order valence-corrected chi connectivity index (χ3v) is 5.19. The lowest BCUT2D eigenvalue weighted by atomic mass is 9.95. The number of para-hydroxylation sites is 1. The Kier molecular flexibility index (Phi) is 5.89. The van der Waals surface area contributed by atoms with Gasteiger partial charge in [-0.05, 0) is 42.7 Å². The zero-order valence-corrected chi connectivity index (χ0v) is 15.9. The van der Waals surface area contributed by atoms with Gasteiger partial charge in [-0.3, -0.25) is 10.4 Å². The van der Waals surface area contributed by atoms with Crippen LogP contribution in [0.15, 0.2) is 71.4 Å². The van der Waals surface area contributed by atoms with Crippen molar-refractivity contribution in [2.24, 2.45) is 10.7 Å². The molecule has 1 fully saturated rings. The molecule has 0 radical (unpaired) electrons. The molecule has 4 rings (SSSR count). The summed E-state index contributed by atoms with van der Waals surface area (Å²) in [6.45, 7) is 0. The van der Waals surface area contributed by atoms with E-state index in [9.17, 15) is 0 Å². The maximum Gasteiger partial charge on any atom is 0.143 e. The van der Waals surface area contributed by atoms with E-state index < -0.39 is 0 Å². The molecule has 0 spiro atoms. The normalized spacial score (nSPS) is 20.0.